The molecule has 1 nitrogen and oxygen atoms in total. The van der Waals surface area contributed by atoms with Gasteiger partial charge in [-0.1, -0.05) is 0 Å². The van der Waals surface area contributed by atoms with E-state index in [0.717, 1.165) is 0 Å². The van der Waals surface area contributed by atoms with Crippen molar-refractivity contribution in [3.05, 3.63) is 0 Å². The van der Waals surface area contributed by atoms with Crippen molar-refractivity contribution in [2.75, 3.05) is 0 Å². The summed E-state index contributed by atoms with van der Waals surface area (Å²) in [5, 5.41) is 9.57. The second kappa shape index (κ2) is 8.99. The fourth-order valence-corrected chi connectivity index (χ4v) is 0. The van der Waals surface area contributed by atoms with Crippen LogP contribution >= 0.6 is 8.24 Å². The standard InChI is InChI=1S/CHNS.Co.Hg/c2-1-3;;/h3H;;/q;;+1/p-1. The Bertz CT molecular complexity index is 41.4. The molecule has 0 N–H and O–H groups in total. The molecule has 0 fully saturated rings. The summed E-state index contributed by atoms with van der Waals surface area (Å²) in [4.78, 5) is 0. The summed E-state index contributed by atoms with van der Waals surface area (Å²) in [6.07, 6.45) is 0. The monoisotopic (exact) mass is 319 g/mol. The van der Waals surface area contributed by atoms with E-state index in [4.69, 9.17) is 5.26 Å². The van der Waals surface area contributed by atoms with Crippen LogP contribution in [0.1, 0.15) is 0 Å². The van der Waals surface area contributed by atoms with E-state index in [0.29, 0.717) is 24.6 Å². The third-order valence-corrected chi connectivity index (χ3v) is 1.70. The van der Waals surface area contributed by atoms with Crippen molar-refractivity contribution in [3.8, 4) is 5.40 Å². The van der Waals surface area contributed by atoms with Gasteiger partial charge in [-0.05, 0) is 0 Å². The Morgan fingerprint density at radius 2 is 2.00 bits per heavy atom. The van der Waals surface area contributed by atoms with Crippen LogP contribution in [0.5, 0.6) is 0 Å². The smallest absolute Gasteiger partial charge is 0 e. The fraction of sp³-hybridized carbons (Fsp3) is 0. The number of thiocyanates is 1. The Kier molecular flexibility index (Phi) is 17.2. The zero-order valence-electron chi connectivity index (χ0n) is 2.40. The Labute approximate surface area is 59.8 Å². The zero-order valence-corrected chi connectivity index (χ0v) is 9.75. The number of nitrogens with zero attached hydrogens (tertiary/aromatic N) is 1. The number of hydrogen-bond acceptors (Lipinski definition) is 2. The predicted molar refractivity (Wildman–Crippen MR) is 13.2 cm³/mol. The molecule has 0 amide bonds. The van der Waals surface area contributed by atoms with Gasteiger partial charge in [0.05, 0.1) is 0 Å². The molecule has 0 unspecified atom stereocenters. The second-order valence-electron chi connectivity index (χ2n) is 0.236. The molecule has 0 atom stereocenters. The van der Waals surface area contributed by atoms with Crippen LogP contribution in [-0.4, -0.2) is 0 Å². The molecule has 0 aromatic rings. The topological polar surface area (TPSA) is 23.8 Å². The maximum atomic E-state index is 7.64. The fourth-order valence-electron chi connectivity index (χ4n) is 0. The molecule has 0 aromatic heterocycles. The van der Waals surface area contributed by atoms with E-state index in [1.165, 1.54) is 8.24 Å². The van der Waals surface area contributed by atoms with Gasteiger partial charge in [0, 0.05) is 16.8 Å². The van der Waals surface area contributed by atoms with Gasteiger partial charge >= 0.3 is 43.5 Å². The molecule has 0 saturated heterocycles. The Morgan fingerprint density at radius 1 is 1.80 bits per heavy atom. The SMILES string of the molecule is N#C[S][Hg].[Co]. The van der Waals surface area contributed by atoms with E-state index in [1.807, 2.05) is 5.40 Å². The first-order chi connectivity index (χ1) is 1.91. The average Bonchev–Trinajstić information content (AvgIpc) is 1.37. The van der Waals surface area contributed by atoms with Crippen molar-refractivity contribution >= 4 is 8.24 Å². The van der Waals surface area contributed by atoms with Gasteiger partial charge < -0.3 is 0 Å². The maximum absolute atomic E-state index is 7.64. The molecular formula is CCoHgNS. The molecule has 0 bridgehead atoms. The minimum Gasteiger partial charge on any atom is 0 e. The van der Waals surface area contributed by atoms with E-state index in [2.05, 4.69) is 0 Å². The normalized spacial score (nSPS) is 4.20. The van der Waals surface area contributed by atoms with Gasteiger partial charge in [0.1, 0.15) is 0 Å². The first-order valence-corrected chi connectivity index (χ1v) is 8.44. The summed E-state index contributed by atoms with van der Waals surface area (Å²) in [6.45, 7) is 0. The van der Waals surface area contributed by atoms with E-state index in [-0.39, 0.29) is 16.8 Å². The van der Waals surface area contributed by atoms with Gasteiger partial charge in [0.2, 0.25) is 0 Å². The van der Waals surface area contributed by atoms with Crippen LogP contribution in [0.15, 0.2) is 0 Å². The summed E-state index contributed by atoms with van der Waals surface area (Å²) in [6, 6.07) is 0. The zero-order chi connectivity index (χ0) is 3.41. The quantitative estimate of drug-likeness (QED) is 0.484. The molecule has 0 aliphatic carbocycles. The van der Waals surface area contributed by atoms with Gasteiger partial charge in [0.25, 0.3) is 0 Å². The number of rotatable bonds is 0. The Balaban J connectivity index is 0. The van der Waals surface area contributed by atoms with Crippen LogP contribution in [0.2, 0.25) is 0 Å². The minimum absolute atomic E-state index is 0. The summed E-state index contributed by atoms with van der Waals surface area (Å²) >= 11 is 0.629. The molecule has 0 spiro atoms. The molecule has 0 saturated carbocycles. The molecule has 26 valence electrons. The molecular weight excluding hydrogens is 318 g/mol. The van der Waals surface area contributed by atoms with Gasteiger partial charge in [-0.15, -0.1) is 0 Å². The summed E-state index contributed by atoms with van der Waals surface area (Å²) in [5.41, 5.74) is 0. The van der Waals surface area contributed by atoms with Crippen molar-refractivity contribution in [2.45, 2.75) is 0 Å². The predicted octanol–water partition coefficient (Wildman–Crippen LogP) is 0.660. The molecule has 0 aliphatic rings. The molecule has 5 heavy (non-hydrogen) atoms. The Morgan fingerprint density at radius 3 is 2.00 bits per heavy atom. The second-order valence-corrected chi connectivity index (χ2v) is 4.07. The molecule has 1 radical (unpaired) electrons. The third kappa shape index (κ3) is 10.9. The summed E-state index contributed by atoms with van der Waals surface area (Å²) in [5.74, 6) is 0. The molecule has 4 heteroatoms. The molecule has 0 aliphatic heterocycles. The number of hydrogen-bond donors (Lipinski definition) is 0. The third-order valence-electron chi connectivity index (χ3n) is 0.0645. The Hall–Kier alpha value is 1.28. The van der Waals surface area contributed by atoms with Crippen molar-refractivity contribution in [3.63, 3.8) is 0 Å². The first kappa shape index (κ1) is 9.56. The van der Waals surface area contributed by atoms with Crippen LogP contribution in [0, 0.1) is 10.7 Å². The molecule has 0 rings (SSSR count). The largest absolute Gasteiger partial charge is 0 e. The van der Waals surface area contributed by atoms with Crippen LogP contribution in [0.4, 0.5) is 0 Å². The van der Waals surface area contributed by atoms with Crippen molar-refractivity contribution in [1.82, 2.24) is 0 Å². The van der Waals surface area contributed by atoms with Crippen LogP contribution in [-0.2, 0) is 41.4 Å². The maximum Gasteiger partial charge on any atom is 0 e. The van der Waals surface area contributed by atoms with Gasteiger partial charge in [-0.25, -0.2) is 0 Å². The van der Waals surface area contributed by atoms with Crippen molar-refractivity contribution < 1.29 is 41.4 Å². The molecule has 0 heterocycles. The van der Waals surface area contributed by atoms with E-state index in [1.54, 1.807) is 0 Å². The van der Waals surface area contributed by atoms with Gasteiger partial charge in [0.15, 0.2) is 0 Å². The minimum atomic E-state index is 0. The molecule has 0 aromatic carbocycles. The van der Waals surface area contributed by atoms with Crippen LogP contribution < -0.4 is 0 Å². The van der Waals surface area contributed by atoms with Crippen molar-refractivity contribution in [1.29, 1.82) is 5.26 Å². The number of nitriles is 1. The van der Waals surface area contributed by atoms with Crippen molar-refractivity contribution in [2.24, 2.45) is 0 Å². The van der Waals surface area contributed by atoms with Crippen LogP contribution in [0.25, 0.3) is 0 Å². The van der Waals surface area contributed by atoms with E-state index >= 15 is 0 Å². The van der Waals surface area contributed by atoms with E-state index < -0.39 is 0 Å². The van der Waals surface area contributed by atoms with Gasteiger partial charge in [-0.2, -0.15) is 0 Å². The average molecular weight is 318 g/mol. The summed E-state index contributed by atoms with van der Waals surface area (Å²) in [7, 11) is 1.36. The van der Waals surface area contributed by atoms with Gasteiger partial charge in [-0.3, -0.25) is 0 Å². The summed E-state index contributed by atoms with van der Waals surface area (Å²) < 4.78 is 0. The van der Waals surface area contributed by atoms with Crippen LogP contribution in [0.3, 0.4) is 0 Å². The van der Waals surface area contributed by atoms with E-state index in [9.17, 15) is 0 Å². The first-order valence-electron chi connectivity index (χ1n) is 0.716.